The van der Waals surface area contributed by atoms with Crippen molar-refractivity contribution in [1.29, 1.82) is 0 Å². The van der Waals surface area contributed by atoms with Gasteiger partial charge in [0.2, 0.25) is 5.91 Å². The number of nitrogens with one attached hydrogen (secondary N) is 2. The minimum Gasteiger partial charge on any atom is -0.497 e. The van der Waals surface area contributed by atoms with E-state index >= 15 is 0 Å². The highest BCUT2D eigenvalue weighted by atomic mass is 32.1. The Morgan fingerprint density at radius 2 is 1.81 bits per heavy atom. The Bertz CT molecular complexity index is 1150. The molecule has 0 bridgehead atoms. The Labute approximate surface area is 183 Å². The molecule has 2 N–H and O–H groups in total. The number of anilines is 1. The zero-order chi connectivity index (χ0) is 21.8. The predicted molar refractivity (Wildman–Crippen MR) is 120 cm³/mol. The molecule has 7 nitrogen and oxygen atoms in total. The molecule has 1 aromatic heterocycles. The molecule has 0 radical (unpaired) electrons. The lowest BCUT2D eigenvalue weighted by atomic mass is 10.2. The summed E-state index contributed by atoms with van der Waals surface area (Å²) in [5.41, 5.74) is 1.76. The molecule has 1 fully saturated rings. The predicted octanol–water partition coefficient (Wildman–Crippen LogP) is 3.96. The van der Waals surface area contributed by atoms with E-state index in [1.54, 1.807) is 37.5 Å². The Balaban J connectivity index is 1.42. The second kappa shape index (κ2) is 8.85. The summed E-state index contributed by atoms with van der Waals surface area (Å²) >= 11 is 1.51. The van der Waals surface area contributed by atoms with E-state index in [1.807, 2.05) is 42.5 Å². The van der Waals surface area contributed by atoms with Gasteiger partial charge in [-0.25, -0.2) is 9.69 Å². The highest BCUT2D eigenvalue weighted by molar-refractivity contribution is 7.16. The normalized spacial score (nSPS) is 14.6. The summed E-state index contributed by atoms with van der Waals surface area (Å²) in [6.07, 6.45) is 1.62. The zero-order valence-electron chi connectivity index (χ0n) is 16.6. The molecule has 1 saturated heterocycles. The number of thiophene rings is 1. The number of carbonyl (C=O) groups excluding carboxylic acids is 3. The fourth-order valence-corrected chi connectivity index (χ4v) is 4.02. The molecule has 4 rings (SSSR count). The Morgan fingerprint density at radius 3 is 2.52 bits per heavy atom. The van der Waals surface area contributed by atoms with Crippen LogP contribution in [0.15, 0.2) is 72.4 Å². The third-order valence-electron chi connectivity index (χ3n) is 4.61. The van der Waals surface area contributed by atoms with Crippen molar-refractivity contribution in [2.45, 2.75) is 0 Å². The quantitative estimate of drug-likeness (QED) is 0.455. The average Bonchev–Trinajstić information content (AvgIpc) is 3.35. The van der Waals surface area contributed by atoms with Crippen LogP contribution in [0, 0.1) is 0 Å². The van der Waals surface area contributed by atoms with Gasteiger partial charge in [0, 0.05) is 15.4 Å². The summed E-state index contributed by atoms with van der Waals surface area (Å²) in [7, 11) is 1.55. The molecule has 156 valence electrons. The van der Waals surface area contributed by atoms with Crippen LogP contribution in [-0.4, -0.2) is 36.4 Å². The van der Waals surface area contributed by atoms with Crippen LogP contribution in [0.25, 0.3) is 16.5 Å². The van der Waals surface area contributed by atoms with Gasteiger partial charge in [-0.3, -0.25) is 9.59 Å². The first kappa shape index (κ1) is 20.4. The van der Waals surface area contributed by atoms with Crippen LogP contribution < -0.4 is 15.4 Å². The van der Waals surface area contributed by atoms with Gasteiger partial charge in [0.05, 0.1) is 7.11 Å². The van der Waals surface area contributed by atoms with Gasteiger partial charge in [-0.15, -0.1) is 11.3 Å². The van der Waals surface area contributed by atoms with Gasteiger partial charge in [0.15, 0.2) is 0 Å². The second-order valence-electron chi connectivity index (χ2n) is 6.72. The van der Waals surface area contributed by atoms with E-state index in [9.17, 15) is 14.4 Å². The number of rotatable bonds is 6. The highest BCUT2D eigenvalue weighted by Crippen LogP contribution is 2.29. The molecule has 0 unspecified atom stereocenters. The molecule has 4 amide bonds. The number of hydrogen-bond donors (Lipinski definition) is 2. The number of imide groups is 1. The summed E-state index contributed by atoms with van der Waals surface area (Å²) < 4.78 is 5.07. The first-order valence-corrected chi connectivity index (χ1v) is 10.3. The third kappa shape index (κ3) is 4.65. The number of ether oxygens (including phenoxy) is 1. The SMILES string of the molecule is COc1ccc(NC(=O)CN2C(=O)NC(=Cc3ccc(-c4ccccc4)s3)C2=O)cc1. The molecule has 3 aromatic rings. The third-order valence-corrected chi connectivity index (χ3v) is 5.69. The fourth-order valence-electron chi connectivity index (χ4n) is 3.06. The number of methoxy groups -OCH3 is 1. The lowest BCUT2D eigenvalue weighted by Crippen LogP contribution is -2.38. The number of urea groups is 1. The molecule has 1 aliphatic rings. The van der Waals surface area contributed by atoms with Crippen LogP contribution in [-0.2, 0) is 9.59 Å². The summed E-state index contributed by atoms with van der Waals surface area (Å²) in [4.78, 5) is 40.0. The van der Waals surface area contributed by atoms with Crippen molar-refractivity contribution < 1.29 is 19.1 Å². The minimum atomic E-state index is -0.624. The van der Waals surface area contributed by atoms with Crippen molar-refractivity contribution in [3.8, 4) is 16.2 Å². The van der Waals surface area contributed by atoms with Crippen LogP contribution in [0.4, 0.5) is 10.5 Å². The average molecular weight is 433 g/mol. The standard InChI is InChI=1S/C23H19N3O4S/c1-30-17-9-7-16(8-10-17)24-21(27)14-26-22(28)19(25-23(26)29)13-18-11-12-20(31-18)15-5-3-2-4-6-15/h2-13H,14H2,1H3,(H,24,27)(H,25,29). The summed E-state index contributed by atoms with van der Waals surface area (Å²) in [6.45, 7) is -0.381. The van der Waals surface area contributed by atoms with Gasteiger partial charge in [-0.1, -0.05) is 30.3 Å². The Kier molecular flexibility index (Phi) is 5.81. The first-order chi connectivity index (χ1) is 15.0. The minimum absolute atomic E-state index is 0.142. The molecule has 1 aliphatic heterocycles. The molecule has 2 heterocycles. The maximum Gasteiger partial charge on any atom is 0.329 e. The van der Waals surface area contributed by atoms with Crippen molar-refractivity contribution in [3.05, 3.63) is 77.3 Å². The van der Waals surface area contributed by atoms with E-state index in [4.69, 9.17) is 4.74 Å². The number of nitrogens with zero attached hydrogens (tertiary/aromatic N) is 1. The summed E-state index contributed by atoms with van der Waals surface area (Å²) in [6, 6.07) is 19.9. The second-order valence-corrected chi connectivity index (χ2v) is 7.84. The van der Waals surface area contributed by atoms with Gasteiger partial charge in [-0.05, 0) is 48.0 Å². The maximum atomic E-state index is 12.7. The van der Waals surface area contributed by atoms with Crippen LogP contribution in [0.2, 0.25) is 0 Å². The van der Waals surface area contributed by atoms with Crippen LogP contribution in [0.1, 0.15) is 4.88 Å². The highest BCUT2D eigenvalue weighted by Gasteiger charge is 2.35. The number of carbonyl (C=O) groups is 3. The van der Waals surface area contributed by atoms with Crippen LogP contribution >= 0.6 is 11.3 Å². The van der Waals surface area contributed by atoms with Gasteiger partial charge >= 0.3 is 6.03 Å². The molecule has 0 atom stereocenters. The Hall–Kier alpha value is -3.91. The van der Waals surface area contributed by atoms with Gasteiger partial charge < -0.3 is 15.4 Å². The van der Waals surface area contributed by atoms with E-state index in [0.717, 1.165) is 20.2 Å². The summed E-state index contributed by atoms with van der Waals surface area (Å²) in [5, 5.41) is 5.21. The largest absolute Gasteiger partial charge is 0.497 e. The molecule has 31 heavy (non-hydrogen) atoms. The lowest BCUT2D eigenvalue weighted by molar-refractivity contribution is -0.127. The van der Waals surface area contributed by atoms with Crippen molar-refractivity contribution in [1.82, 2.24) is 10.2 Å². The van der Waals surface area contributed by atoms with E-state index in [2.05, 4.69) is 10.6 Å². The van der Waals surface area contributed by atoms with E-state index in [0.29, 0.717) is 11.4 Å². The molecule has 0 saturated carbocycles. The van der Waals surface area contributed by atoms with Crippen molar-refractivity contribution in [3.63, 3.8) is 0 Å². The smallest absolute Gasteiger partial charge is 0.329 e. The van der Waals surface area contributed by atoms with Gasteiger partial charge in [-0.2, -0.15) is 0 Å². The maximum absolute atomic E-state index is 12.7. The topological polar surface area (TPSA) is 87.7 Å². The van der Waals surface area contributed by atoms with Crippen molar-refractivity contribution in [2.24, 2.45) is 0 Å². The lowest BCUT2D eigenvalue weighted by Gasteiger charge is -2.12. The van der Waals surface area contributed by atoms with Crippen LogP contribution in [0.3, 0.4) is 0 Å². The molecule has 0 aliphatic carbocycles. The van der Waals surface area contributed by atoms with Gasteiger partial charge in [0.1, 0.15) is 18.0 Å². The number of amides is 4. The molecule has 0 spiro atoms. The molecule has 2 aromatic carbocycles. The number of hydrogen-bond acceptors (Lipinski definition) is 5. The number of benzene rings is 2. The van der Waals surface area contributed by atoms with Gasteiger partial charge in [0.25, 0.3) is 5.91 Å². The Morgan fingerprint density at radius 1 is 1.06 bits per heavy atom. The first-order valence-electron chi connectivity index (χ1n) is 9.47. The van der Waals surface area contributed by atoms with E-state index in [1.165, 1.54) is 11.3 Å². The van der Waals surface area contributed by atoms with E-state index in [-0.39, 0.29) is 12.2 Å². The summed E-state index contributed by atoms with van der Waals surface area (Å²) in [5.74, 6) is -0.354. The van der Waals surface area contributed by atoms with Crippen LogP contribution in [0.5, 0.6) is 5.75 Å². The zero-order valence-corrected chi connectivity index (χ0v) is 17.4. The van der Waals surface area contributed by atoms with E-state index < -0.39 is 17.8 Å². The fraction of sp³-hybridized carbons (Fsp3) is 0.0870. The molecule has 8 heteroatoms. The molecular weight excluding hydrogens is 414 g/mol. The molecular formula is C23H19N3O4S. The monoisotopic (exact) mass is 433 g/mol. The van der Waals surface area contributed by atoms with Crippen molar-refractivity contribution in [2.75, 3.05) is 19.0 Å². The van der Waals surface area contributed by atoms with Crippen molar-refractivity contribution >= 4 is 40.9 Å².